The summed E-state index contributed by atoms with van der Waals surface area (Å²) in [6.07, 6.45) is 6.55. The van der Waals surface area contributed by atoms with Gasteiger partial charge in [0.05, 0.1) is 10.4 Å². The van der Waals surface area contributed by atoms with Crippen LogP contribution in [-0.2, 0) is 10.0 Å². The highest BCUT2D eigenvalue weighted by Gasteiger charge is 2.25. The van der Waals surface area contributed by atoms with Gasteiger partial charge in [-0.2, -0.15) is 4.98 Å². The van der Waals surface area contributed by atoms with Gasteiger partial charge in [0.25, 0.3) is 0 Å². The predicted octanol–water partition coefficient (Wildman–Crippen LogP) is 5.16. The Morgan fingerprint density at radius 1 is 0.853 bits per heavy atom. The zero-order valence-electron chi connectivity index (χ0n) is 19.0. The smallest absolute Gasteiger partial charge is 0.241 e. The Labute approximate surface area is 209 Å². The van der Waals surface area contributed by atoms with E-state index in [4.69, 9.17) is 9.97 Å². The van der Waals surface area contributed by atoms with E-state index in [-0.39, 0.29) is 0 Å². The lowest BCUT2D eigenvalue weighted by molar-refractivity contribution is 0.284. The van der Waals surface area contributed by atoms with Gasteiger partial charge >= 0.3 is 0 Å². The number of halogens is 1. The van der Waals surface area contributed by atoms with Crippen molar-refractivity contribution in [1.29, 1.82) is 0 Å². The molecule has 0 spiro atoms. The van der Waals surface area contributed by atoms with Gasteiger partial charge in [-0.05, 0) is 90.6 Å². The van der Waals surface area contributed by atoms with E-state index in [1.165, 1.54) is 12.8 Å². The largest absolute Gasteiger partial charge is 0.367 e. The number of sulfonamides is 1. The van der Waals surface area contributed by atoms with Crippen LogP contribution in [0.3, 0.4) is 0 Å². The van der Waals surface area contributed by atoms with E-state index in [2.05, 4.69) is 37.4 Å². The fourth-order valence-corrected chi connectivity index (χ4v) is 6.65. The number of benzene rings is 2. The Morgan fingerprint density at radius 3 is 2.26 bits per heavy atom. The molecule has 2 aliphatic rings. The van der Waals surface area contributed by atoms with Gasteiger partial charge in [0.1, 0.15) is 5.82 Å². The van der Waals surface area contributed by atoms with Crippen LogP contribution in [0.5, 0.6) is 0 Å². The molecule has 5 rings (SSSR count). The lowest BCUT2D eigenvalue weighted by Gasteiger charge is -2.28. The molecule has 9 heteroatoms. The Morgan fingerprint density at radius 2 is 1.53 bits per heavy atom. The molecule has 7 nitrogen and oxygen atoms in total. The van der Waals surface area contributed by atoms with Crippen molar-refractivity contribution in [1.82, 2.24) is 14.7 Å². The van der Waals surface area contributed by atoms with Crippen molar-refractivity contribution in [2.45, 2.75) is 49.5 Å². The molecule has 2 aromatic carbocycles. The molecule has 1 heterocycles. The van der Waals surface area contributed by atoms with Gasteiger partial charge in [0.15, 0.2) is 0 Å². The molecule has 2 fully saturated rings. The number of para-hydroxylation sites is 1. The van der Waals surface area contributed by atoms with E-state index < -0.39 is 10.0 Å². The van der Waals surface area contributed by atoms with Crippen LogP contribution in [0.1, 0.15) is 38.5 Å². The molecular weight excluding hydrogens is 514 g/mol. The third-order valence-corrected chi connectivity index (χ3v) is 9.16. The van der Waals surface area contributed by atoms with Crippen LogP contribution < -0.4 is 15.4 Å². The molecule has 0 radical (unpaired) electrons. The van der Waals surface area contributed by atoms with E-state index in [1.807, 2.05) is 24.3 Å². The average Bonchev–Trinajstić information content (AvgIpc) is 3.66. The topological polar surface area (TPSA) is 96.0 Å². The Hall–Kier alpha value is -2.23. The maximum Gasteiger partial charge on any atom is 0.241 e. The average molecular weight is 545 g/mol. The number of anilines is 2. The first kappa shape index (κ1) is 23.5. The van der Waals surface area contributed by atoms with Crippen LogP contribution in [-0.4, -0.2) is 37.5 Å². The third-order valence-electron chi connectivity index (χ3n) is 6.72. The SMILES string of the molecule is O=S(=O)(NC[C@H]1CC[C@H](CNc2nc(NC3CC3)c3ccccc3n2)CC1)c1ccccc1Br. The summed E-state index contributed by atoms with van der Waals surface area (Å²) in [6.45, 7) is 1.31. The summed E-state index contributed by atoms with van der Waals surface area (Å²) in [5.41, 5.74) is 0.948. The molecule has 0 unspecified atom stereocenters. The molecule has 180 valence electrons. The van der Waals surface area contributed by atoms with E-state index in [0.29, 0.717) is 39.7 Å². The summed E-state index contributed by atoms with van der Waals surface area (Å²) in [5.74, 6) is 2.48. The molecule has 0 atom stereocenters. The van der Waals surface area contributed by atoms with E-state index in [9.17, 15) is 8.42 Å². The van der Waals surface area contributed by atoms with Crippen molar-refractivity contribution in [3.8, 4) is 0 Å². The number of hydrogen-bond donors (Lipinski definition) is 3. The summed E-state index contributed by atoms with van der Waals surface area (Å²) in [4.78, 5) is 9.76. The minimum absolute atomic E-state index is 0.291. The number of nitrogens with zero attached hydrogens (tertiary/aromatic N) is 2. The normalized spacial score (nSPS) is 20.9. The Bertz CT molecular complexity index is 1260. The van der Waals surface area contributed by atoms with Gasteiger partial charge in [0.2, 0.25) is 16.0 Å². The molecule has 0 saturated heterocycles. The van der Waals surface area contributed by atoms with Crippen molar-refractivity contribution in [3.63, 3.8) is 0 Å². The first-order valence-corrected chi connectivity index (χ1v) is 14.3. The fraction of sp³-hybridized carbons (Fsp3) is 0.440. The monoisotopic (exact) mass is 543 g/mol. The van der Waals surface area contributed by atoms with Crippen LogP contribution in [0.15, 0.2) is 57.9 Å². The molecule has 2 aliphatic carbocycles. The van der Waals surface area contributed by atoms with Crippen LogP contribution in [0.25, 0.3) is 10.9 Å². The van der Waals surface area contributed by atoms with Gasteiger partial charge in [0, 0.05) is 29.0 Å². The summed E-state index contributed by atoms with van der Waals surface area (Å²) in [7, 11) is -3.51. The molecule has 3 aromatic rings. The van der Waals surface area contributed by atoms with Gasteiger partial charge in [-0.3, -0.25) is 0 Å². The first-order chi connectivity index (χ1) is 16.5. The third kappa shape index (κ3) is 5.70. The van der Waals surface area contributed by atoms with E-state index >= 15 is 0 Å². The van der Waals surface area contributed by atoms with E-state index in [0.717, 1.165) is 48.9 Å². The second kappa shape index (κ2) is 10.2. The molecule has 34 heavy (non-hydrogen) atoms. The second-order valence-electron chi connectivity index (χ2n) is 9.38. The van der Waals surface area contributed by atoms with Crippen molar-refractivity contribution < 1.29 is 8.42 Å². The standard InChI is InChI=1S/C25H30BrN5O2S/c26-21-6-2-4-8-23(21)34(32,33)28-16-18-11-9-17(10-12-18)15-27-25-30-22-7-3-1-5-20(22)24(31-25)29-19-13-14-19/h1-8,17-19,28H,9-16H2,(H2,27,29,30,31)/t17-,18-. The highest BCUT2D eigenvalue weighted by Crippen LogP contribution is 2.31. The van der Waals surface area contributed by atoms with Crippen LogP contribution in [0.4, 0.5) is 11.8 Å². The molecule has 0 bridgehead atoms. The number of aromatic nitrogens is 2. The predicted molar refractivity (Wildman–Crippen MR) is 139 cm³/mol. The van der Waals surface area contributed by atoms with Crippen molar-refractivity contribution >= 4 is 48.6 Å². The molecule has 2 saturated carbocycles. The van der Waals surface area contributed by atoms with Crippen LogP contribution in [0.2, 0.25) is 0 Å². The summed E-state index contributed by atoms with van der Waals surface area (Å²) in [6, 6.07) is 15.6. The van der Waals surface area contributed by atoms with Crippen LogP contribution >= 0.6 is 15.9 Å². The Kier molecular flexibility index (Phi) is 7.04. The zero-order valence-corrected chi connectivity index (χ0v) is 21.4. The maximum absolute atomic E-state index is 12.6. The van der Waals surface area contributed by atoms with Crippen molar-refractivity contribution in [2.24, 2.45) is 11.8 Å². The van der Waals surface area contributed by atoms with Gasteiger partial charge in [-0.25, -0.2) is 18.1 Å². The molecule has 0 amide bonds. The second-order valence-corrected chi connectivity index (χ2v) is 12.0. The summed E-state index contributed by atoms with van der Waals surface area (Å²) in [5, 5.41) is 8.06. The van der Waals surface area contributed by atoms with E-state index in [1.54, 1.807) is 18.2 Å². The maximum atomic E-state index is 12.6. The minimum Gasteiger partial charge on any atom is -0.367 e. The number of fused-ring (bicyclic) bond motifs is 1. The first-order valence-electron chi connectivity index (χ1n) is 12.0. The highest BCUT2D eigenvalue weighted by atomic mass is 79.9. The number of hydrogen-bond acceptors (Lipinski definition) is 6. The van der Waals surface area contributed by atoms with Crippen molar-refractivity contribution in [3.05, 3.63) is 53.0 Å². The van der Waals surface area contributed by atoms with Crippen molar-refractivity contribution in [2.75, 3.05) is 23.7 Å². The van der Waals surface area contributed by atoms with Gasteiger partial charge in [-0.15, -0.1) is 0 Å². The summed E-state index contributed by atoms with van der Waals surface area (Å²) < 4.78 is 28.7. The lowest BCUT2D eigenvalue weighted by Crippen LogP contribution is -2.32. The van der Waals surface area contributed by atoms with Gasteiger partial charge < -0.3 is 10.6 Å². The van der Waals surface area contributed by atoms with Crippen LogP contribution in [0, 0.1) is 11.8 Å². The fourth-order valence-electron chi connectivity index (χ4n) is 4.53. The molecule has 3 N–H and O–H groups in total. The minimum atomic E-state index is -3.51. The Balaban J connectivity index is 1.13. The highest BCUT2D eigenvalue weighted by molar-refractivity contribution is 9.10. The van der Waals surface area contributed by atoms with Gasteiger partial charge in [-0.1, -0.05) is 24.3 Å². The zero-order chi connectivity index (χ0) is 23.5. The number of nitrogens with one attached hydrogen (secondary N) is 3. The molecule has 0 aliphatic heterocycles. The lowest BCUT2D eigenvalue weighted by atomic mass is 9.82. The molecule has 1 aromatic heterocycles. The quantitative estimate of drug-likeness (QED) is 0.344. The summed E-state index contributed by atoms with van der Waals surface area (Å²) >= 11 is 3.33. The molecular formula is C25H30BrN5O2S. The number of rotatable bonds is 9.